The van der Waals surface area contributed by atoms with E-state index < -0.39 is 12.0 Å². The van der Waals surface area contributed by atoms with Crippen LogP contribution in [0, 0.1) is 11.3 Å². The first-order chi connectivity index (χ1) is 7.29. The molecule has 1 aliphatic rings. The Morgan fingerprint density at radius 2 is 2.12 bits per heavy atom. The molecule has 3 nitrogen and oxygen atoms in total. The van der Waals surface area contributed by atoms with Crippen LogP contribution in [0.15, 0.2) is 0 Å². The number of hydrogen-bond donors (Lipinski definition) is 1. The highest BCUT2D eigenvalue weighted by atomic mass is 32.1. The number of alkyl halides is 3. The van der Waals surface area contributed by atoms with Gasteiger partial charge in [0.05, 0.1) is 0 Å². The Balaban J connectivity index is 1.89. The Hall–Kier alpha value is -0.850. The number of hydrogen-bond acceptors (Lipinski definition) is 4. The van der Waals surface area contributed by atoms with E-state index in [-0.39, 0.29) is 5.13 Å². The van der Waals surface area contributed by atoms with Crippen molar-refractivity contribution in [3.05, 3.63) is 5.82 Å². The summed E-state index contributed by atoms with van der Waals surface area (Å²) < 4.78 is 39.8. The van der Waals surface area contributed by atoms with Crippen LogP contribution < -0.4 is 5.32 Å². The molecule has 0 amide bonds. The fraction of sp³-hybridized carbons (Fsp3) is 0.778. The minimum Gasteiger partial charge on any atom is -0.360 e. The van der Waals surface area contributed by atoms with Crippen molar-refractivity contribution in [2.45, 2.75) is 26.4 Å². The van der Waals surface area contributed by atoms with Gasteiger partial charge in [0.2, 0.25) is 11.0 Å². The van der Waals surface area contributed by atoms with Crippen molar-refractivity contribution >= 4 is 16.7 Å². The summed E-state index contributed by atoms with van der Waals surface area (Å²) in [5.41, 5.74) is 0.310. The third-order valence-electron chi connectivity index (χ3n) is 2.90. The lowest BCUT2D eigenvalue weighted by atomic mass is 10.1. The van der Waals surface area contributed by atoms with Crippen LogP contribution in [0.3, 0.4) is 0 Å². The predicted molar refractivity (Wildman–Crippen MR) is 55.3 cm³/mol. The number of nitrogens with one attached hydrogen (secondary N) is 1. The summed E-state index contributed by atoms with van der Waals surface area (Å²) in [7, 11) is 0. The van der Waals surface area contributed by atoms with Gasteiger partial charge in [-0.25, -0.2) is 0 Å². The van der Waals surface area contributed by atoms with Crippen molar-refractivity contribution in [3.63, 3.8) is 0 Å². The minimum atomic E-state index is -4.45. The molecule has 1 aliphatic carbocycles. The Morgan fingerprint density at radius 1 is 1.50 bits per heavy atom. The fourth-order valence-electron chi connectivity index (χ4n) is 1.55. The lowest BCUT2D eigenvalue weighted by Gasteiger charge is -2.03. The third-order valence-corrected chi connectivity index (χ3v) is 3.57. The predicted octanol–water partition coefficient (Wildman–Crippen LogP) is 3.01. The van der Waals surface area contributed by atoms with E-state index in [1.54, 1.807) is 0 Å². The van der Waals surface area contributed by atoms with Gasteiger partial charge in [-0.2, -0.15) is 22.5 Å². The van der Waals surface area contributed by atoms with Gasteiger partial charge in [-0.05, 0) is 17.8 Å². The van der Waals surface area contributed by atoms with Crippen LogP contribution in [0.5, 0.6) is 0 Å². The number of anilines is 1. The van der Waals surface area contributed by atoms with Crippen molar-refractivity contribution in [2.75, 3.05) is 11.9 Å². The fourth-order valence-corrected chi connectivity index (χ4v) is 2.14. The summed E-state index contributed by atoms with van der Waals surface area (Å²) in [6.07, 6.45) is -3.35. The Morgan fingerprint density at radius 3 is 2.56 bits per heavy atom. The van der Waals surface area contributed by atoms with E-state index in [1.807, 2.05) is 0 Å². The van der Waals surface area contributed by atoms with E-state index in [4.69, 9.17) is 0 Å². The normalized spacial score (nSPS) is 23.2. The largest absolute Gasteiger partial charge is 0.452 e. The second-order valence-corrected chi connectivity index (χ2v) is 5.44. The van der Waals surface area contributed by atoms with Gasteiger partial charge in [-0.15, -0.1) is 0 Å². The zero-order valence-electron chi connectivity index (χ0n) is 8.93. The minimum absolute atomic E-state index is 0.245. The van der Waals surface area contributed by atoms with Crippen LogP contribution >= 0.6 is 11.5 Å². The maximum atomic E-state index is 12.2. The Bertz CT molecular complexity index is 386. The molecule has 16 heavy (non-hydrogen) atoms. The van der Waals surface area contributed by atoms with Gasteiger partial charge >= 0.3 is 6.18 Å². The summed E-state index contributed by atoms with van der Waals surface area (Å²) >= 11 is 0.754. The Labute approximate surface area is 95.2 Å². The van der Waals surface area contributed by atoms with Crippen molar-refractivity contribution in [3.8, 4) is 0 Å². The molecular formula is C9H12F3N3S. The standard InChI is InChI=1S/C9H12F3N3S/c1-8(2)3-5(8)4-13-7-14-6(15-16-7)9(10,11)12/h5H,3-4H2,1-2H3,(H,13,14,15). The van der Waals surface area contributed by atoms with E-state index in [0.29, 0.717) is 17.9 Å². The average Bonchev–Trinajstić information content (AvgIpc) is 2.63. The van der Waals surface area contributed by atoms with Gasteiger partial charge in [0, 0.05) is 18.1 Å². The molecule has 1 unspecified atom stereocenters. The molecule has 0 saturated heterocycles. The van der Waals surface area contributed by atoms with Gasteiger partial charge in [0.15, 0.2) is 0 Å². The van der Waals surface area contributed by atoms with Crippen LogP contribution in [0.4, 0.5) is 18.3 Å². The van der Waals surface area contributed by atoms with Crippen LogP contribution in [0.2, 0.25) is 0 Å². The van der Waals surface area contributed by atoms with Crippen molar-refractivity contribution in [2.24, 2.45) is 11.3 Å². The second kappa shape index (κ2) is 3.58. The van der Waals surface area contributed by atoms with E-state index in [0.717, 1.165) is 18.0 Å². The zero-order valence-corrected chi connectivity index (χ0v) is 9.74. The summed E-state index contributed by atoms with van der Waals surface area (Å²) in [5, 5.41) is 3.15. The lowest BCUT2D eigenvalue weighted by molar-refractivity contribution is -0.144. The maximum Gasteiger partial charge on any atom is 0.452 e. The van der Waals surface area contributed by atoms with Gasteiger partial charge in [-0.1, -0.05) is 13.8 Å². The molecule has 90 valence electrons. The topological polar surface area (TPSA) is 37.8 Å². The van der Waals surface area contributed by atoms with Crippen LogP contribution in [0.1, 0.15) is 26.1 Å². The molecule has 0 radical (unpaired) electrons. The SMILES string of the molecule is CC1(C)CC1CNc1nc(C(F)(F)F)ns1. The molecule has 2 rings (SSSR count). The molecule has 1 aromatic rings. The van der Waals surface area contributed by atoms with Crippen LogP contribution in [-0.4, -0.2) is 15.9 Å². The quantitative estimate of drug-likeness (QED) is 0.897. The number of aromatic nitrogens is 2. The smallest absolute Gasteiger partial charge is 0.360 e. The average molecular weight is 251 g/mol. The molecule has 0 bridgehead atoms. The molecule has 1 N–H and O–H groups in total. The van der Waals surface area contributed by atoms with Crippen molar-refractivity contribution in [1.29, 1.82) is 0 Å². The number of rotatable bonds is 3. The molecule has 0 spiro atoms. The highest BCUT2D eigenvalue weighted by Crippen LogP contribution is 2.51. The first kappa shape index (κ1) is 11.6. The molecule has 7 heteroatoms. The van der Waals surface area contributed by atoms with Gasteiger partial charge < -0.3 is 5.32 Å². The van der Waals surface area contributed by atoms with Crippen molar-refractivity contribution in [1.82, 2.24) is 9.36 Å². The number of halogens is 3. The summed E-state index contributed by atoms with van der Waals surface area (Å²) in [5.74, 6) is -0.541. The van der Waals surface area contributed by atoms with Gasteiger partial charge in [0.25, 0.3) is 0 Å². The summed E-state index contributed by atoms with van der Waals surface area (Å²) in [4.78, 5) is 3.40. The van der Waals surface area contributed by atoms with E-state index in [1.165, 1.54) is 0 Å². The highest BCUT2D eigenvalue weighted by Gasteiger charge is 2.45. The molecule has 0 aliphatic heterocycles. The summed E-state index contributed by atoms with van der Waals surface area (Å²) in [6, 6.07) is 0. The van der Waals surface area contributed by atoms with Crippen molar-refractivity contribution < 1.29 is 13.2 Å². The van der Waals surface area contributed by atoms with E-state index in [9.17, 15) is 13.2 Å². The monoisotopic (exact) mass is 251 g/mol. The molecule has 0 aromatic carbocycles. The first-order valence-corrected chi connectivity index (χ1v) is 5.71. The summed E-state index contributed by atoms with van der Waals surface area (Å²) in [6.45, 7) is 4.95. The lowest BCUT2D eigenvalue weighted by Crippen LogP contribution is -2.09. The van der Waals surface area contributed by atoms with Crippen LogP contribution in [0.25, 0.3) is 0 Å². The maximum absolute atomic E-state index is 12.2. The van der Waals surface area contributed by atoms with Gasteiger partial charge in [0.1, 0.15) is 0 Å². The highest BCUT2D eigenvalue weighted by molar-refractivity contribution is 7.09. The molecule has 1 heterocycles. The molecular weight excluding hydrogens is 239 g/mol. The molecule has 1 atom stereocenters. The molecule has 1 aromatic heterocycles. The molecule has 1 saturated carbocycles. The first-order valence-electron chi connectivity index (χ1n) is 4.94. The Kier molecular flexibility index (Phi) is 2.60. The number of nitrogens with zero attached hydrogens (tertiary/aromatic N) is 2. The van der Waals surface area contributed by atoms with Crippen LogP contribution in [-0.2, 0) is 6.18 Å². The van der Waals surface area contributed by atoms with E-state index >= 15 is 0 Å². The molecule has 1 fully saturated rings. The third kappa shape index (κ3) is 2.45. The zero-order chi connectivity index (χ0) is 12.0. The van der Waals surface area contributed by atoms with Gasteiger partial charge in [-0.3, -0.25) is 0 Å². The second-order valence-electron chi connectivity index (χ2n) is 4.69. The van der Waals surface area contributed by atoms with E-state index in [2.05, 4.69) is 28.5 Å².